The Morgan fingerprint density at radius 1 is 1.00 bits per heavy atom. The fourth-order valence-electron chi connectivity index (χ4n) is 3.35. The predicted molar refractivity (Wildman–Crippen MR) is 135 cm³/mol. The summed E-state index contributed by atoms with van der Waals surface area (Å²) in [6.07, 6.45) is -0.108. The second-order valence-electron chi connectivity index (χ2n) is 7.71. The number of nitriles is 1. The molecule has 0 aliphatic rings. The summed E-state index contributed by atoms with van der Waals surface area (Å²) in [5.41, 5.74) is 4.24. The van der Waals surface area contributed by atoms with Crippen molar-refractivity contribution in [3.05, 3.63) is 89.5 Å². The van der Waals surface area contributed by atoms with Crippen molar-refractivity contribution < 1.29 is 23.9 Å². The first-order valence-corrected chi connectivity index (χ1v) is 11.2. The van der Waals surface area contributed by atoms with Crippen LogP contribution in [0.5, 0.6) is 11.5 Å². The van der Waals surface area contributed by atoms with Crippen LogP contribution in [-0.2, 0) is 21.1 Å². The molecule has 3 aromatic rings. The van der Waals surface area contributed by atoms with Gasteiger partial charge in [0.1, 0.15) is 37.5 Å². The predicted octanol–water partition coefficient (Wildman–Crippen LogP) is 4.15. The normalized spacial score (nSPS) is 11.7. The fourth-order valence-corrected chi connectivity index (χ4v) is 3.35. The first-order chi connectivity index (χ1) is 17.6. The van der Waals surface area contributed by atoms with E-state index >= 15 is 0 Å². The molecule has 0 amide bonds. The summed E-state index contributed by atoms with van der Waals surface area (Å²) in [7, 11) is 3.37. The maximum absolute atomic E-state index is 11.3. The van der Waals surface area contributed by atoms with E-state index in [1.54, 1.807) is 24.3 Å². The highest BCUT2D eigenvalue weighted by Crippen LogP contribution is 2.23. The van der Waals surface area contributed by atoms with Crippen molar-refractivity contribution in [1.82, 2.24) is 0 Å². The van der Waals surface area contributed by atoms with E-state index in [0.29, 0.717) is 29.4 Å². The van der Waals surface area contributed by atoms with Gasteiger partial charge in [0.05, 0.1) is 18.4 Å². The van der Waals surface area contributed by atoms with Crippen molar-refractivity contribution in [3.63, 3.8) is 0 Å². The average Bonchev–Trinajstić information content (AvgIpc) is 2.93. The number of ether oxygens (including phenoxy) is 2. The van der Waals surface area contributed by atoms with Crippen molar-refractivity contribution in [2.45, 2.75) is 18.9 Å². The highest BCUT2D eigenvalue weighted by Gasteiger charge is 2.16. The van der Waals surface area contributed by atoms with Gasteiger partial charge in [0.25, 0.3) is 0 Å². The molecule has 0 heterocycles. The van der Waals surface area contributed by atoms with Crippen molar-refractivity contribution in [2.75, 3.05) is 26.1 Å². The monoisotopic (exact) mass is 488 g/mol. The van der Waals surface area contributed by atoms with E-state index in [2.05, 4.69) is 21.4 Å². The summed E-state index contributed by atoms with van der Waals surface area (Å²) < 4.78 is 11.7. The number of nitrogens with zero attached hydrogens (tertiary/aromatic N) is 2. The van der Waals surface area contributed by atoms with Crippen molar-refractivity contribution >= 4 is 17.4 Å². The quantitative estimate of drug-likeness (QED) is 0.287. The SMILES string of the molecule is CNc1ccc(/C(COc2ccc(COc3ccc(C(C#N)CC(=O)ON)cc3)cc2)=N\OC)cc1. The summed E-state index contributed by atoms with van der Waals surface area (Å²) >= 11 is 0. The van der Waals surface area contributed by atoms with E-state index in [1.165, 1.54) is 7.11 Å². The zero-order valence-corrected chi connectivity index (χ0v) is 20.1. The lowest BCUT2D eigenvalue weighted by Crippen LogP contribution is -2.13. The van der Waals surface area contributed by atoms with E-state index in [0.717, 1.165) is 16.8 Å². The van der Waals surface area contributed by atoms with Crippen LogP contribution < -0.4 is 20.7 Å². The van der Waals surface area contributed by atoms with Crippen LogP contribution in [0.15, 0.2) is 78.0 Å². The molecular formula is C27H28N4O5. The minimum atomic E-state index is -0.639. The van der Waals surface area contributed by atoms with Gasteiger partial charge in [-0.1, -0.05) is 41.6 Å². The van der Waals surface area contributed by atoms with E-state index in [-0.39, 0.29) is 13.0 Å². The number of benzene rings is 3. The third-order valence-corrected chi connectivity index (χ3v) is 5.35. The van der Waals surface area contributed by atoms with E-state index in [9.17, 15) is 10.1 Å². The molecular weight excluding hydrogens is 460 g/mol. The zero-order valence-electron chi connectivity index (χ0n) is 20.1. The number of oxime groups is 1. The van der Waals surface area contributed by atoms with E-state index in [4.69, 9.17) is 20.2 Å². The molecule has 36 heavy (non-hydrogen) atoms. The first-order valence-electron chi connectivity index (χ1n) is 11.2. The third kappa shape index (κ3) is 7.48. The fraction of sp³-hybridized carbons (Fsp3) is 0.222. The first kappa shape index (κ1) is 26.1. The minimum Gasteiger partial charge on any atom is -0.489 e. The second-order valence-corrected chi connectivity index (χ2v) is 7.71. The summed E-state index contributed by atoms with van der Waals surface area (Å²) in [6, 6.07) is 24.5. The Bertz CT molecular complexity index is 1190. The molecule has 0 fully saturated rings. The standard InChI is InChI=1S/C27H28N4O5/c1-30-23-9-5-21(6-10-23)26(31-33-2)18-35-24-11-3-19(4-12-24)17-34-25-13-7-20(8-14-25)22(16-28)15-27(32)36-29/h3-14,22,30H,15,17-18,29H2,1-2H3/b31-26-. The van der Waals surface area contributed by atoms with Crippen LogP contribution in [0.25, 0.3) is 0 Å². The smallest absolute Gasteiger partial charge is 0.326 e. The molecule has 0 aliphatic heterocycles. The highest BCUT2D eigenvalue weighted by atomic mass is 16.7. The number of carbonyl (C=O) groups is 1. The molecule has 3 N–H and O–H groups in total. The molecule has 0 radical (unpaired) electrons. The van der Waals surface area contributed by atoms with Gasteiger partial charge in [0, 0.05) is 18.3 Å². The Kier molecular flexibility index (Phi) is 9.68. The van der Waals surface area contributed by atoms with Gasteiger partial charge < -0.3 is 24.5 Å². The van der Waals surface area contributed by atoms with Crippen LogP contribution in [0.1, 0.15) is 29.0 Å². The molecule has 0 bridgehead atoms. The molecule has 1 atom stereocenters. The Balaban J connectivity index is 1.53. The van der Waals surface area contributed by atoms with Crippen molar-refractivity contribution in [1.29, 1.82) is 5.26 Å². The van der Waals surface area contributed by atoms with Crippen LogP contribution >= 0.6 is 0 Å². The largest absolute Gasteiger partial charge is 0.489 e. The maximum Gasteiger partial charge on any atom is 0.326 e. The number of hydrogen-bond acceptors (Lipinski definition) is 9. The van der Waals surface area contributed by atoms with Crippen LogP contribution in [0.2, 0.25) is 0 Å². The molecule has 186 valence electrons. The Hall–Kier alpha value is -4.55. The Morgan fingerprint density at radius 3 is 2.22 bits per heavy atom. The van der Waals surface area contributed by atoms with Gasteiger partial charge in [-0.25, -0.2) is 0 Å². The topological polar surface area (TPSA) is 128 Å². The summed E-state index contributed by atoms with van der Waals surface area (Å²) in [4.78, 5) is 20.5. The lowest BCUT2D eigenvalue weighted by molar-refractivity contribution is -0.144. The van der Waals surface area contributed by atoms with E-state index < -0.39 is 11.9 Å². The molecule has 9 nitrogen and oxygen atoms in total. The van der Waals surface area contributed by atoms with E-state index in [1.807, 2.05) is 55.6 Å². The number of hydrogen-bond donors (Lipinski definition) is 2. The lowest BCUT2D eigenvalue weighted by Gasteiger charge is -2.11. The Labute approximate surface area is 210 Å². The molecule has 1 unspecified atom stereocenters. The zero-order chi connectivity index (χ0) is 25.8. The molecule has 9 heteroatoms. The summed E-state index contributed by atoms with van der Waals surface area (Å²) in [6.45, 7) is 0.608. The molecule has 3 rings (SSSR count). The average molecular weight is 489 g/mol. The maximum atomic E-state index is 11.3. The van der Waals surface area contributed by atoms with Crippen LogP contribution in [-0.4, -0.2) is 32.4 Å². The molecule has 0 spiro atoms. The van der Waals surface area contributed by atoms with Gasteiger partial charge in [-0.2, -0.15) is 11.2 Å². The highest BCUT2D eigenvalue weighted by molar-refractivity contribution is 6.01. The van der Waals surface area contributed by atoms with Crippen molar-refractivity contribution in [2.24, 2.45) is 11.1 Å². The number of nitrogens with one attached hydrogen (secondary N) is 1. The molecule has 0 aliphatic carbocycles. The second kappa shape index (κ2) is 13.4. The number of carbonyl (C=O) groups excluding carboxylic acids is 1. The molecule has 0 aromatic heterocycles. The summed E-state index contributed by atoms with van der Waals surface area (Å²) in [5.74, 6) is 4.92. The van der Waals surface area contributed by atoms with Gasteiger partial charge in [-0.3, -0.25) is 4.79 Å². The van der Waals surface area contributed by atoms with Crippen LogP contribution in [0.3, 0.4) is 0 Å². The number of rotatable bonds is 12. The van der Waals surface area contributed by atoms with Gasteiger partial charge >= 0.3 is 5.97 Å². The van der Waals surface area contributed by atoms with Crippen LogP contribution in [0, 0.1) is 11.3 Å². The minimum absolute atomic E-state index is 0.108. The van der Waals surface area contributed by atoms with Gasteiger partial charge in [0.15, 0.2) is 0 Å². The Morgan fingerprint density at radius 2 is 1.64 bits per heavy atom. The third-order valence-electron chi connectivity index (χ3n) is 5.35. The van der Waals surface area contributed by atoms with Crippen molar-refractivity contribution in [3.8, 4) is 17.6 Å². The number of anilines is 1. The van der Waals surface area contributed by atoms with Gasteiger partial charge in [0.2, 0.25) is 0 Å². The lowest BCUT2D eigenvalue weighted by atomic mass is 9.97. The number of nitrogens with two attached hydrogens (primary N) is 1. The van der Waals surface area contributed by atoms with Gasteiger partial charge in [-0.15, -0.1) is 0 Å². The molecule has 0 saturated heterocycles. The van der Waals surface area contributed by atoms with Crippen LogP contribution in [0.4, 0.5) is 5.69 Å². The molecule has 0 saturated carbocycles. The summed E-state index contributed by atoms with van der Waals surface area (Å²) in [5, 5.41) is 16.5. The van der Waals surface area contributed by atoms with Gasteiger partial charge in [-0.05, 0) is 47.5 Å². The molecule has 3 aromatic carbocycles.